The number of allylic oxidation sites excluding steroid dienone is 1. The molecule has 1 aliphatic heterocycles. The first kappa shape index (κ1) is 12.2. The lowest BCUT2D eigenvalue weighted by Gasteiger charge is -2.20. The molecule has 2 rings (SSSR count). The summed E-state index contributed by atoms with van der Waals surface area (Å²) >= 11 is 0. The van der Waals surface area contributed by atoms with Crippen LogP contribution in [0.1, 0.15) is 30.0 Å². The number of hydrogen-bond donors (Lipinski definition) is 0. The van der Waals surface area contributed by atoms with Gasteiger partial charge in [-0.2, -0.15) is 8.78 Å². The summed E-state index contributed by atoms with van der Waals surface area (Å²) in [6, 6.07) is 6.99. The van der Waals surface area contributed by atoms with Crippen LogP contribution in [0.5, 0.6) is 0 Å². The number of hydrogen-bond acceptors (Lipinski definition) is 1. The molecule has 0 aliphatic carbocycles. The number of alkyl halides is 2. The van der Waals surface area contributed by atoms with E-state index < -0.39 is 5.92 Å². The van der Waals surface area contributed by atoms with Crippen LogP contribution in [-0.2, 0) is 5.92 Å². The molecule has 1 saturated heterocycles. The van der Waals surface area contributed by atoms with Gasteiger partial charge in [0, 0.05) is 11.6 Å². The Morgan fingerprint density at radius 3 is 2.47 bits per heavy atom. The lowest BCUT2D eigenvalue weighted by Crippen LogP contribution is -2.17. The van der Waals surface area contributed by atoms with E-state index in [-0.39, 0.29) is 5.56 Å². The molecule has 1 aromatic rings. The fourth-order valence-electron chi connectivity index (χ4n) is 2.38. The molecule has 17 heavy (non-hydrogen) atoms. The summed E-state index contributed by atoms with van der Waals surface area (Å²) in [6.45, 7) is 4.24. The highest BCUT2D eigenvalue weighted by molar-refractivity contribution is 5.30. The van der Waals surface area contributed by atoms with E-state index in [0.717, 1.165) is 18.5 Å². The maximum absolute atomic E-state index is 13.3. The Kier molecular flexibility index (Phi) is 3.29. The van der Waals surface area contributed by atoms with Crippen molar-refractivity contribution in [3.8, 4) is 0 Å². The van der Waals surface area contributed by atoms with Crippen LogP contribution in [-0.4, -0.2) is 18.5 Å². The molecule has 1 heterocycles. The maximum Gasteiger partial charge on any atom is 0.291 e. The molecular weight excluding hydrogens is 220 g/mol. The van der Waals surface area contributed by atoms with E-state index in [0.29, 0.717) is 12.1 Å². The van der Waals surface area contributed by atoms with E-state index >= 15 is 0 Å². The lowest BCUT2D eigenvalue weighted by molar-refractivity contribution is 0.0525. The third-order valence-corrected chi connectivity index (χ3v) is 3.46. The van der Waals surface area contributed by atoms with Crippen molar-refractivity contribution < 1.29 is 8.78 Å². The summed E-state index contributed by atoms with van der Waals surface area (Å²) < 4.78 is 26.7. The van der Waals surface area contributed by atoms with Gasteiger partial charge in [-0.1, -0.05) is 30.8 Å². The van der Waals surface area contributed by atoms with Crippen LogP contribution in [0.2, 0.25) is 0 Å². The van der Waals surface area contributed by atoms with Gasteiger partial charge in [-0.15, -0.1) is 0 Å². The van der Waals surface area contributed by atoms with Crippen molar-refractivity contribution in [3.05, 3.63) is 48.0 Å². The first-order valence-corrected chi connectivity index (χ1v) is 5.86. The maximum atomic E-state index is 13.3. The first-order valence-electron chi connectivity index (χ1n) is 5.86. The van der Waals surface area contributed by atoms with Crippen LogP contribution in [0, 0.1) is 0 Å². The molecule has 0 saturated carbocycles. The number of rotatable bonds is 3. The number of likely N-dealkylation sites (tertiary alicyclic amines) is 1. The predicted octanol–water partition coefficient (Wildman–Crippen LogP) is 3.73. The van der Waals surface area contributed by atoms with E-state index in [4.69, 9.17) is 0 Å². The molecule has 0 aromatic heterocycles. The molecule has 92 valence electrons. The molecule has 1 nitrogen and oxygen atoms in total. The van der Waals surface area contributed by atoms with Gasteiger partial charge in [0.25, 0.3) is 5.92 Å². The van der Waals surface area contributed by atoms with Gasteiger partial charge in [0.2, 0.25) is 0 Å². The van der Waals surface area contributed by atoms with Gasteiger partial charge in [-0.05, 0) is 38.1 Å². The number of benzene rings is 1. The zero-order chi connectivity index (χ0) is 12.5. The topological polar surface area (TPSA) is 3.24 Å². The van der Waals surface area contributed by atoms with Gasteiger partial charge in [-0.3, -0.25) is 4.90 Å². The van der Waals surface area contributed by atoms with E-state index in [1.165, 1.54) is 18.6 Å². The van der Waals surface area contributed by atoms with Crippen molar-refractivity contribution in [2.24, 2.45) is 0 Å². The van der Waals surface area contributed by atoms with Crippen LogP contribution in [0.15, 0.2) is 36.9 Å². The first-order chi connectivity index (χ1) is 8.04. The van der Waals surface area contributed by atoms with Crippen molar-refractivity contribution in [3.63, 3.8) is 0 Å². The average molecular weight is 237 g/mol. The van der Waals surface area contributed by atoms with E-state index in [9.17, 15) is 8.78 Å². The third kappa shape index (κ3) is 2.39. The van der Waals surface area contributed by atoms with Crippen LogP contribution in [0.25, 0.3) is 0 Å². The highest BCUT2D eigenvalue weighted by Crippen LogP contribution is 2.33. The van der Waals surface area contributed by atoms with Crippen molar-refractivity contribution >= 4 is 0 Å². The van der Waals surface area contributed by atoms with Crippen LogP contribution in [0.4, 0.5) is 8.78 Å². The minimum atomic E-state index is -2.93. The van der Waals surface area contributed by atoms with E-state index in [1.54, 1.807) is 12.1 Å². The van der Waals surface area contributed by atoms with Gasteiger partial charge in [0.05, 0.1) is 0 Å². The minimum Gasteiger partial charge on any atom is -0.299 e. The van der Waals surface area contributed by atoms with Crippen molar-refractivity contribution in [2.75, 3.05) is 13.6 Å². The minimum absolute atomic E-state index is 0.0110. The number of halogens is 2. The lowest BCUT2D eigenvalue weighted by atomic mass is 10.0. The Labute approximate surface area is 101 Å². The van der Waals surface area contributed by atoms with Crippen LogP contribution >= 0.6 is 0 Å². The molecule has 0 amide bonds. The summed E-state index contributed by atoms with van der Waals surface area (Å²) in [6.07, 6.45) is 2.96. The second-order valence-corrected chi connectivity index (χ2v) is 4.59. The highest BCUT2D eigenvalue weighted by atomic mass is 19.3. The Bertz CT molecular complexity index is 397. The summed E-state index contributed by atoms with van der Waals surface area (Å²) in [5.41, 5.74) is 1.13. The van der Waals surface area contributed by atoms with Gasteiger partial charge < -0.3 is 0 Å². The van der Waals surface area contributed by atoms with Gasteiger partial charge in [0.1, 0.15) is 0 Å². The zero-order valence-electron chi connectivity index (χ0n) is 10.00. The summed E-state index contributed by atoms with van der Waals surface area (Å²) in [5, 5.41) is 0. The van der Waals surface area contributed by atoms with Crippen LogP contribution in [0.3, 0.4) is 0 Å². The molecular formula is C14H17F2N. The quantitative estimate of drug-likeness (QED) is 0.724. The predicted molar refractivity (Wildman–Crippen MR) is 65.1 cm³/mol. The normalized spacial score (nSPS) is 21.7. The monoisotopic (exact) mass is 237 g/mol. The Morgan fingerprint density at radius 1 is 1.35 bits per heavy atom. The molecule has 0 bridgehead atoms. The summed E-state index contributed by atoms with van der Waals surface area (Å²) in [4.78, 5) is 2.26. The zero-order valence-corrected chi connectivity index (χ0v) is 10.00. The molecule has 1 fully saturated rings. The molecule has 1 atom stereocenters. The highest BCUT2D eigenvalue weighted by Gasteiger charge is 2.28. The van der Waals surface area contributed by atoms with E-state index in [2.05, 4.69) is 18.5 Å². The molecule has 1 unspecified atom stereocenters. The standard InChI is InChI=1S/C14H17F2N/c1-3-14(15,16)12-8-6-11(7-9-12)13-5-4-10-17(13)2/h3,6-9,13H,1,4-5,10H2,2H3. The van der Waals surface area contributed by atoms with Crippen molar-refractivity contribution in [1.82, 2.24) is 4.90 Å². The Hall–Kier alpha value is -1.22. The molecule has 1 aliphatic rings. The molecule has 0 spiro atoms. The second kappa shape index (κ2) is 4.57. The molecule has 0 radical (unpaired) electrons. The van der Waals surface area contributed by atoms with E-state index in [1.807, 2.05) is 0 Å². The Morgan fingerprint density at radius 2 is 2.00 bits per heavy atom. The fourth-order valence-corrected chi connectivity index (χ4v) is 2.38. The molecule has 1 aromatic carbocycles. The largest absolute Gasteiger partial charge is 0.299 e. The SMILES string of the molecule is C=CC(F)(F)c1ccc(C2CCCN2C)cc1. The number of nitrogens with zero attached hydrogens (tertiary/aromatic N) is 1. The summed E-state index contributed by atoms with van der Waals surface area (Å²) in [5.74, 6) is -2.93. The average Bonchev–Trinajstić information content (AvgIpc) is 2.76. The van der Waals surface area contributed by atoms with Crippen LogP contribution < -0.4 is 0 Å². The smallest absolute Gasteiger partial charge is 0.291 e. The summed E-state index contributed by atoms with van der Waals surface area (Å²) in [7, 11) is 2.07. The molecule has 3 heteroatoms. The fraction of sp³-hybridized carbons (Fsp3) is 0.429. The molecule has 0 N–H and O–H groups in total. The van der Waals surface area contributed by atoms with Gasteiger partial charge in [-0.25, -0.2) is 0 Å². The van der Waals surface area contributed by atoms with Gasteiger partial charge >= 0.3 is 0 Å². The van der Waals surface area contributed by atoms with Gasteiger partial charge in [0.15, 0.2) is 0 Å². The second-order valence-electron chi connectivity index (χ2n) is 4.59. The van der Waals surface area contributed by atoms with Crippen molar-refractivity contribution in [2.45, 2.75) is 24.8 Å². The Balaban J connectivity index is 2.21. The van der Waals surface area contributed by atoms with Crippen molar-refractivity contribution in [1.29, 1.82) is 0 Å². The third-order valence-electron chi connectivity index (χ3n) is 3.46.